The molecule has 0 bridgehead atoms. The maximum Gasteiger partial charge on any atom is 0.253 e. The van der Waals surface area contributed by atoms with Crippen molar-refractivity contribution in [2.24, 2.45) is 5.73 Å². The molecule has 0 unspecified atom stereocenters. The van der Waals surface area contributed by atoms with E-state index in [1.54, 1.807) is 23.5 Å². The van der Waals surface area contributed by atoms with Crippen LogP contribution in [0.1, 0.15) is 63.4 Å². The Hall–Kier alpha value is -2.93. The van der Waals surface area contributed by atoms with Crippen molar-refractivity contribution < 1.29 is 9.59 Å². The predicted octanol–water partition coefficient (Wildman–Crippen LogP) is 6.08. The summed E-state index contributed by atoms with van der Waals surface area (Å²) in [5, 5.41) is 0. The summed E-state index contributed by atoms with van der Waals surface area (Å²) in [6.07, 6.45) is 1.90. The van der Waals surface area contributed by atoms with Gasteiger partial charge < -0.3 is 10.6 Å². The van der Waals surface area contributed by atoms with Gasteiger partial charge >= 0.3 is 0 Å². The van der Waals surface area contributed by atoms with Crippen molar-refractivity contribution in [3.63, 3.8) is 0 Å². The Bertz CT molecular complexity index is 1230. The van der Waals surface area contributed by atoms with Gasteiger partial charge in [0.05, 0.1) is 4.34 Å². The molecule has 0 aliphatic carbocycles. The van der Waals surface area contributed by atoms with Crippen LogP contribution >= 0.6 is 22.9 Å². The summed E-state index contributed by atoms with van der Waals surface area (Å²) >= 11 is 7.75. The number of hydrogen-bond acceptors (Lipinski definition) is 4. The van der Waals surface area contributed by atoms with Crippen LogP contribution in [0, 0.1) is 0 Å². The van der Waals surface area contributed by atoms with Crippen LogP contribution in [0.15, 0.2) is 66.2 Å². The van der Waals surface area contributed by atoms with Gasteiger partial charge in [0.2, 0.25) is 5.91 Å². The monoisotopic (exact) mass is 521 g/mol. The van der Waals surface area contributed by atoms with Crippen LogP contribution in [0.3, 0.4) is 0 Å². The van der Waals surface area contributed by atoms with Gasteiger partial charge in [-0.2, -0.15) is 0 Å². The first-order chi connectivity index (χ1) is 17.4. The quantitative estimate of drug-likeness (QED) is 0.390. The summed E-state index contributed by atoms with van der Waals surface area (Å²) < 4.78 is 0.826. The van der Waals surface area contributed by atoms with Crippen LogP contribution in [-0.2, 0) is 6.54 Å². The van der Waals surface area contributed by atoms with E-state index < -0.39 is 5.91 Å². The highest BCUT2D eigenvalue weighted by molar-refractivity contribution is 7.16. The largest absolute Gasteiger partial charge is 0.366 e. The Morgan fingerprint density at radius 3 is 1.86 bits per heavy atom. The van der Waals surface area contributed by atoms with Crippen LogP contribution in [0.4, 0.5) is 0 Å². The molecular formula is C29H32ClN3O2S. The Kier molecular flexibility index (Phi) is 8.62. The number of hydrogen-bond donors (Lipinski definition) is 1. The fourth-order valence-electron chi connectivity index (χ4n) is 4.74. The van der Waals surface area contributed by atoms with Gasteiger partial charge in [-0.1, -0.05) is 41.4 Å². The molecule has 3 aromatic rings. The second kappa shape index (κ2) is 11.9. The minimum Gasteiger partial charge on any atom is -0.366 e. The predicted molar refractivity (Wildman–Crippen MR) is 149 cm³/mol. The number of amides is 2. The number of rotatable bonds is 8. The Labute approximate surface area is 222 Å². The number of primary amides is 1. The van der Waals surface area contributed by atoms with Crippen LogP contribution in [0.25, 0.3) is 5.57 Å². The molecule has 0 saturated carbocycles. The number of carbonyl (C=O) groups is 2. The van der Waals surface area contributed by atoms with Crippen molar-refractivity contribution in [3.05, 3.63) is 97.7 Å². The second-order valence-electron chi connectivity index (χ2n) is 8.96. The van der Waals surface area contributed by atoms with Gasteiger partial charge in [0.1, 0.15) is 0 Å². The number of thiophene rings is 1. The van der Waals surface area contributed by atoms with Crippen LogP contribution in [0.5, 0.6) is 0 Å². The van der Waals surface area contributed by atoms with E-state index in [9.17, 15) is 9.59 Å². The van der Waals surface area contributed by atoms with Gasteiger partial charge in [-0.15, -0.1) is 11.3 Å². The highest BCUT2D eigenvalue weighted by atomic mass is 35.5. The van der Waals surface area contributed by atoms with E-state index in [4.69, 9.17) is 17.3 Å². The van der Waals surface area contributed by atoms with Gasteiger partial charge in [0.15, 0.2) is 0 Å². The van der Waals surface area contributed by atoms with Gasteiger partial charge in [-0.05, 0) is 79.8 Å². The van der Waals surface area contributed by atoms with Crippen molar-refractivity contribution in [2.75, 3.05) is 26.2 Å². The van der Waals surface area contributed by atoms with Crippen molar-refractivity contribution in [3.8, 4) is 0 Å². The van der Waals surface area contributed by atoms with Crippen molar-refractivity contribution in [1.82, 2.24) is 9.80 Å². The number of halogens is 1. The van der Waals surface area contributed by atoms with Gasteiger partial charge in [0.25, 0.3) is 5.91 Å². The topological polar surface area (TPSA) is 66.6 Å². The molecule has 2 N–H and O–H groups in total. The smallest absolute Gasteiger partial charge is 0.253 e. The minimum atomic E-state index is -0.433. The van der Waals surface area contributed by atoms with Crippen molar-refractivity contribution in [1.29, 1.82) is 0 Å². The number of likely N-dealkylation sites (tertiary alicyclic amines) is 1. The first-order valence-electron chi connectivity index (χ1n) is 12.4. The zero-order chi connectivity index (χ0) is 25.7. The number of benzene rings is 2. The molecule has 0 spiro atoms. The van der Waals surface area contributed by atoms with E-state index in [1.165, 1.54) is 16.0 Å². The maximum absolute atomic E-state index is 12.8. The highest BCUT2D eigenvalue weighted by Gasteiger charge is 2.21. The second-order valence-corrected chi connectivity index (χ2v) is 10.8. The van der Waals surface area contributed by atoms with Crippen LogP contribution < -0.4 is 5.73 Å². The molecule has 4 rings (SSSR count). The van der Waals surface area contributed by atoms with Crippen molar-refractivity contribution >= 4 is 40.3 Å². The van der Waals surface area contributed by atoms with Crippen LogP contribution in [0.2, 0.25) is 4.34 Å². The summed E-state index contributed by atoms with van der Waals surface area (Å²) in [4.78, 5) is 30.0. The normalized spacial score (nSPS) is 14.0. The molecular weight excluding hydrogens is 490 g/mol. The minimum absolute atomic E-state index is 0.0496. The van der Waals surface area contributed by atoms with E-state index >= 15 is 0 Å². The van der Waals surface area contributed by atoms with Gasteiger partial charge in [-0.3, -0.25) is 14.5 Å². The van der Waals surface area contributed by atoms with Crippen molar-refractivity contribution in [2.45, 2.75) is 33.2 Å². The Morgan fingerprint density at radius 1 is 0.861 bits per heavy atom. The third-order valence-corrected chi connectivity index (χ3v) is 7.97. The lowest BCUT2D eigenvalue weighted by molar-refractivity contribution is 0.0772. The SMILES string of the molecule is CCN(CC)C(=O)c1ccc(C(=C2CCN(Cc3ccc(Cl)s3)CC2)c2ccc(C(N)=O)cc2)cc1. The molecule has 0 atom stereocenters. The lowest BCUT2D eigenvalue weighted by Gasteiger charge is -2.30. The fourth-order valence-corrected chi connectivity index (χ4v) is 5.87. The van der Waals surface area contributed by atoms with Crippen LogP contribution in [-0.4, -0.2) is 47.8 Å². The molecule has 1 aromatic heterocycles. The summed E-state index contributed by atoms with van der Waals surface area (Å²) in [6.45, 7) is 8.20. The summed E-state index contributed by atoms with van der Waals surface area (Å²) in [5.41, 5.74) is 11.3. The summed E-state index contributed by atoms with van der Waals surface area (Å²) in [6, 6.07) is 19.5. The molecule has 1 aliphatic heterocycles. The number of nitrogens with zero attached hydrogens (tertiary/aromatic N) is 2. The number of carbonyl (C=O) groups excluding carboxylic acids is 2. The molecule has 188 valence electrons. The maximum atomic E-state index is 12.8. The molecule has 36 heavy (non-hydrogen) atoms. The zero-order valence-electron chi connectivity index (χ0n) is 20.8. The molecule has 2 amide bonds. The van der Waals surface area contributed by atoms with E-state index in [-0.39, 0.29) is 5.91 Å². The van der Waals surface area contributed by atoms with E-state index in [1.807, 2.05) is 61.2 Å². The molecule has 2 heterocycles. The van der Waals surface area contributed by atoms with Gasteiger partial charge in [-0.25, -0.2) is 0 Å². The number of piperidine rings is 1. The molecule has 2 aromatic carbocycles. The first kappa shape index (κ1) is 26.1. The summed E-state index contributed by atoms with van der Waals surface area (Å²) in [5.74, 6) is -0.384. The molecule has 1 saturated heterocycles. The molecule has 0 radical (unpaired) electrons. The van der Waals surface area contributed by atoms with E-state index in [0.29, 0.717) is 24.2 Å². The fraction of sp³-hybridized carbons (Fsp3) is 0.310. The Balaban J connectivity index is 1.62. The third kappa shape index (κ3) is 6.06. The lowest BCUT2D eigenvalue weighted by Crippen LogP contribution is -2.30. The summed E-state index contributed by atoms with van der Waals surface area (Å²) in [7, 11) is 0. The third-order valence-electron chi connectivity index (χ3n) is 6.75. The average molecular weight is 522 g/mol. The first-order valence-corrected chi connectivity index (χ1v) is 13.6. The van der Waals surface area contributed by atoms with E-state index in [2.05, 4.69) is 11.0 Å². The zero-order valence-corrected chi connectivity index (χ0v) is 22.4. The molecule has 1 aliphatic rings. The number of nitrogens with two attached hydrogens (primary N) is 1. The van der Waals surface area contributed by atoms with Gasteiger partial charge in [0, 0.05) is 48.7 Å². The standard InChI is InChI=1S/C29H32ClN3O2S/c1-3-33(4-2)29(35)24-11-7-21(8-12-24)27(20-5-9-23(10-6-20)28(31)34)22-15-17-32(18-16-22)19-25-13-14-26(30)36-25/h5-14H,3-4,15-19H2,1-2H3,(H2,31,34). The molecule has 7 heteroatoms. The highest BCUT2D eigenvalue weighted by Crippen LogP contribution is 2.34. The Morgan fingerprint density at radius 2 is 1.39 bits per heavy atom. The lowest BCUT2D eigenvalue weighted by atomic mass is 9.87. The van der Waals surface area contributed by atoms with E-state index in [0.717, 1.165) is 47.9 Å². The average Bonchev–Trinajstić information content (AvgIpc) is 3.31. The molecule has 1 fully saturated rings. The molecule has 5 nitrogen and oxygen atoms in total.